The summed E-state index contributed by atoms with van der Waals surface area (Å²) in [5, 5.41) is 3.08. The Kier molecular flexibility index (Phi) is 2.87. The molecule has 0 spiro atoms. The Morgan fingerprint density at radius 1 is 1.12 bits per heavy atom. The van der Waals surface area contributed by atoms with Crippen LogP contribution in [0.5, 0.6) is 0 Å². The summed E-state index contributed by atoms with van der Waals surface area (Å²) in [5.74, 6) is 2.03. The lowest BCUT2D eigenvalue weighted by Gasteiger charge is -2.04. The quantitative estimate of drug-likeness (QED) is 0.848. The third-order valence-electron chi connectivity index (χ3n) is 4.27. The molecule has 0 aromatic heterocycles. The second kappa shape index (κ2) is 4.52. The van der Waals surface area contributed by atoms with Crippen LogP contribution in [0.25, 0.3) is 0 Å². The fourth-order valence-corrected chi connectivity index (χ4v) is 3.28. The largest absolute Gasteiger partial charge is 0.352 e. The number of carbonyl (C=O) groups is 1. The van der Waals surface area contributed by atoms with Crippen LogP contribution in [0.15, 0.2) is 30.3 Å². The van der Waals surface area contributed by atoms with Crippen molar-refractivity contribution in [3.05, 3.63) is 35.9 Å². The maximum absolute atomic E-state index is 12.0. The Bertz CT molecular complexity index is 389. The van der Waals surface area contributed by atoms with Crippen LogP contribution in [-0.2, 0) is 11.3 Å². The molecular formula is C15H19NO. The molecule has 2 aliphatic rings. The van der Waals surface area contributed by atoms with Gasteiger partial charge in [-0.1, -0.05) is 43.2 Å². The van der Waals surface area contributed by atoms with E-state index in [-0.39, 0.29) is 5.91 Å². The predicted octanol–water partition coefficient (Wildman–Crippen LogP) is 2.74. The Morgan fingerprint density at radius 3 is 2.41 bits per heavy atom. The highest BCUT2D eigenvalue weighted by molar-refractivity contribution is 5.82. The van der Waals surface area contributed by atoms with E-state index in [1.165, 1.54) is 31.2 Å². The van der Waals surface area contributed by atoms with Crippen LogP contribution >= 0.6 is 0 Å². The van der Waals surface area contributed by atoms with Gasteiger partial charge in [0.25, 0.3) is 0 Å². The van der Waals surface area contributed by atoms with Gasteiger partial charge < -0.3 is 5.32 Å². The van der Waals surface area contributed by atoms with Crippen LogP contribution in [0, 0.1) is 17.8 Å². The Labute approximate surface area is 102 Å². The third kappa shape index (κ3) is 2.21. The summed E-state index contributed by atoms with van der Waals surface area (Å²) in [7, 11) is 0. The van der Waals surface area contributed by atoms with Crippen molar-refractivity contribution in [2.75, 3.05) is 0 Å². The van der Waals surface area contributed by atoms with Crippen LogP contribution in [-0.4, -0.2) is 5.91 Å². The van der Waals surface area contributed by atoms with Gasteiger partial charge in [-0.3, -0.25) is 4.79 Å². The zero-order valence-corrected chi connectivity index (χ0v) is 10.1. The fraction of sp³-hybridized carbons (Fsp3) is 0.533. The van der Waals surface area contributed by atoms with Gasteiger partial charge in [0, 0.05) is 12.5 Å². The highest BCUT2D eigenvalue weighted by atomic mass is 16.2. The summed E-state index contributed by atoms with van der Waals surface area (Å²) in [4.78, 5) is 12.0. The molecule has 2 nitrogen and oxygen atoms in total. The number of hydrogen-bond donors (Lipinski definition) is 1. The van der Waals surface area contributed by atoms with Crippen molar-refractivity contribution in [1.29, 1.82) is 0 Å². The van der Waals surface area contributed by atoms with E-state index in [2.05, 4.69) is 17.4 Å². The first-order valence-corrected chi connectivity index (χ1v) is 6.68. The van der Waals surface area contributed by atoms with Crippen molar-refractivity contribution >= 4 is 5.91 Å². The number of fused-ring (bicyclic) bond motifs is 1. The van der Waals surface area contributed by atoms with E-state index in [4.69, 9.17) is 0 Å². The maximum atomic E-state index is 12.0. The van der Waals surface area contributed by atoms with Gasteiger partial charge in [-0.05, 0) is 30.2 Å². The molecule has 0 heterocycles. The molecule has 90 valence electrons. The molecule has 2 atom stereocenters. The summed E-state index contributed by atoms with van der Waals surface area (Å²) in [6.07, 6.45) is 5.19. The van der Waals surface area contributed by atoms with E-state index in [1.54, 1.807) is 0 Å². The highest BCUT2D eigenvalue weighted by Crippen LogP contribution is 2.55. The van der Waals surface area contributed by atoms with Crippen LogP contribution in [0.3, 0.4) is 0 Å². The summed E-state index contributed by atoms with van der Waals surface area (Å²) in [6.45, 7) is 0.676. The molecule has 2 aliphatic carbocycles. The molecule has 17 heavy (non-hydrogen) atoms. The van der Waals surface area contributed by atoms with Gasteiger partial charge >= 0.3 is 0 Å². The van der Waals surface area contributed by atoms with Crippen LogP contribution in [0.2, 0.25) is 0 Å². The Hall–Kier alpha value is -1.31. The zero-order valence-electron chi connectivity index (χ0n) is 10.1. The van der Waals surface area contributed by atoms with E-state index < -0.39 is 0 Å². The lowest BCUT2D eigenvalue weighted by Crippen LogP contribution is -2.25. The smallest absolute Gasteiger partial charge is 0.223 e. The highest BCUT2D eigenvalue weighted by Gasteiger charge is 2.54. The van der Waals surface area contributed by atoms with E-state index >= 15 is 0 Å². The molecule has 1 amide bonds. The van der Waals surface area contributed by atoms with Crippen molar-refractivity contribution in [1.82, 2.24) is 5.32 Å². The van der Waals surface area contributed by atoms with Gasteiger partial charge in [0.1, 0.15) is 0 Å². The minimum absolute atomic E-state index is 0.283. The van der Waals surface area contributed by atoms with Crippen molar-refractivity contribution < 1.29 is 4.79 Å². The maximum Gasteiger partial charge on any atom is 0.223 e. The van der Waals surface area contributed by atoms with Crippen LogP contribution in [0.1, 0.15) is 31.2 Å². The van der Waals surface area contributed by atoms with E-state index in [9.17, 15) is 4.79 Å². The first-order valence-electron chi connectivity index (χ1n) is 6.68. The number of nitrogens with one attached hydrogen (secondary N) is 1. The van der Waals surface area contributed by atoms with Crippen molar-refractivity contribution in [2.45, 2.75) is 32.2 Å². The van der Waals surface area contributed by atoms with Gasteiger partial charge in [-0.25, -0.2) is 0 Å². The molecule has 2 fully saturated rings. The summed E-state index contributed by atoms with van der Waals surface area (Å²) in [6, 6.07) is 10.1. The molecule has 2 saturated carbocycles. The molecule has 1 aromatic carbocycles. The molecule has 0 bridgehead atoms. The average Bonchev–Trinajstić information content (AvgIpc) is 3.11. The first kappa shape index (κ1) is 10.8. The number of carbonyl (C=O) groups excluding carboxylic acids is 1. The Balaban J connectivity index is 1.51. The number of rotatable bonds is 3. The van der Waals surface area contributed by atoms with Crippen LogP contribution in [0.4, 0.5) is 0 Å². The number of hydrogen-bond acceptors (Lipinski definition) is 1. The van der Waals surface area contributed by atoms with E-state index in [0.29, 0.717) is 24.3 Å². The van der Waals surface area contributed by atoms with Gasteiger partial charge in [0.15, 0.2) is 0 Å². The monoisotopic (exact) mass is 229 g/mol. The molecular weight excluding hydrogens is 210 g/mol. The fourth-order valence-electron chi connectivity index (χ4n) is 3.28. The standard InChI is InChI=1S/C15H19NO/c17-15(14-12-8-4-5-9-13(12)14)16-10-11-6-2-1-3-7-11/h1-3,6-7,12-14H,4-5,8-10H2,(H,16,17)/t12-,13-/m0/s1. The molecule has 0 aliphatic heterocycles. The predicted molar refractivity (Wildman–Crippen MR) is 67.2 cm³/mol. The Morgan fingerprint density at radius 2 is 1.76 bits per heavy atom. The lowest BCUT2D eigenvalue weighted by atomic mass is 10.0. The molecule has 3 rings (SSSR count). The van der Waals surface area contributed by atoms with E-state index in [1.807, 2.05) is 18.2 Å². The molecule has 1 N–H and O–H groups in total. The molecule has 2 heteroatoms. The van der Waals surface area contributed by atoms with Crippen LogP contribution < -0.4 is 5.32 Å². The van der Waals surface area contributed by atoms with E-state index in [0.717, 1.165) is 0 Å². The van der Waals surface area contributed by atoms with Crippen molar-refractivity contribution in [3.63, 3.8) is 0 Å². The summed E-state index contributed by atoms with van der Waals surface area (Å²) >= 11 is 0. The minimum atomic E-state index is 0.283. The third-order valence-corrected chi connectivity index (χ3v) is 4.27. The van der Waals surface area contributed by atoms with Gasteiger partial charge in [0.05, 0.1) is 0 Å². The SMILES string of the molecule is O=C(NCc1ccccc1)C1[C@H]2CCCC[C@H]12. The molecule has 0 unspecified atom stereocenters. The minimum Gasteiger partial charge on any atom is -0.352 e. The second-order valence-electron chi connectivity index (χ2n) is 5.34. The molecule has 0 radical (unpaired) electrons. The van der Waals surface area contributed by atoms with Gasteiger partial charge in [-0.2, -0.15) is 0 Å². The van der Waals surface area contributed by atoms with Crippen molar-refractivity contribution in [2.24, 2.45) is 17.8 Å². The zero-order chi connectivity index (χ0) is 11.7. The average molecular weight is 229 g/mol. The van der Waals surface area contributed by atoms with Gasteiger partial charge in [0.2, 0.25) is 5.91 Å². The number of benzene rings is 1. The number of amides is 1. The second-order valence-corrected chi connectivity index (χ2v) is 5.34. The molecule has 0 saturated heterocycles. The summed E-state index contributed by atoms with van der Waals surface area (Å²) in [5.41, 5.74) is 1.18. The van der Waals surface area contributed by atoms with Crippen molar-refractivity contribution in [3.8, 4) is 0 Å². The summed E-state index contributed by atoms with van der Waals surface area (Å²) < 4.78 is 0. The lowest BCUT2D eigenvalue weighted by molar-refractivity contribution is -0.123. The normalized spacial score (nSPS) is 30.5. The first-order chi connectivity index (χ1) is 8.36. The van der Waals surface area contributed by atoms with Gasteiger partial charge in [-0.15, -0.1) is 0 Å². The topological polar surface area (TPSA) is 29.1 Å². The molecule has 1 aromatic rings.